The number of aliphatic hydroxyl groups is 4. The van der Waals surface area contributed by atoms with Crippen LogP contribution in [0.2, 0.25) is 0 Å². The average Bonchev–Trinajstić information content (AvgIpc) is 3.12. The number of rotatable bonds is 9. The molecule has 0 unspecified atom stereocenters. The second-order valence-corrected chi connectivity index (χ2v) is 13.6. The first kappa shape index (κ1) is 39.1. The van der Waals surface area contributed by atoms with E-state index in [1.807, 2.05) is 0 Å². The van der Waals surface area contributed by atoms with Crippen LogP contribution >= 0.6 is 0 Å². The van der Waals surface area contributed by atoms with Crippen LogP contribution in [0.25, 0.3) is 0 Å². The molecule has 0 bridgehead atoms. The number of esters is 1. The van der Waals surface area contributed by atoms with E-state index in [0.29, 0.717) is 0 Å². The molecule has 2 aromatic carbocycles. The third-order valence-electron chi connectivity index (χ3n) is 10.8. The predicted octanol–water partition coefficient (Wildman–Crippen LogP) is -0.261. The van der Waals surface area contributed by atoms with E-state index in [4.69, 9.17) is 23.7 Å². The van der Waals surface area contributed by atoms with Gasteiger partial charge in [-0.15, -0.1) is 0 Å². The maximum absolute atomic E-state index is 14.8. The van der Waals surface area contributed by atoms with Crippen LogP contribution in [-0.4, -0.2) is 144 Å². The summed E-state index contributed by atoms with van der Waals surface area (Å²) in [4.78, 5) is 61.1. The molecule has 1 saturated heterocycles. The van der Waals surface area contributed by atoms with Crippen molar-refractivity contribution < 1.29 is 73.5 Å². The number of aliphatic hydroxyl groups excluding tert-OH is 3. The van der Waals surface area contributed by atoms with E-state index < -0.39 is 111 Å². The van der Waals surface area contributed by atoms with Gasteiger partial charge in [0.1, 0.15) is 35.4 Å². The molecule has 17 heteroatoms. The number of ketones is 3. The van der Waals surface area contributed by atoms with Crippen LogP contribution in [0.3, 0.4) is 0 Å². The standard InChI is InChI=1S/C37H42N2O15/c1-14-10-16-11-21(41)37(53-6)33(47)24-18(32(46)36(37,49)25(16)28(44)22(14)35(48)52-5)12-17-23(27(24)43)19(38-8-7-9-40)13-20(26(17)42)39-34-31(51-4)29(45)30(50-3)15(2)54-34/h10,12-13,15,21,29-31,34,39-41,43-45,49H,7-9,11H2,1-6H3/t15-,21+,29+,30-,31+,34-,36-,37+/m0/s1. The Morgan fingerprint density at radius 1 is 1.00 bits per heavy atom. The van der Waals surface area contributed by atoms with E-state index in [9.17, 15) is 49.8 Å². The van der Waals surface area contributed by atoms with Gasteiger partial charge in [-0.25, -0.2) is 4.79 Å². The zero-order chi connectivity index (χ0) is 39.6. The van der Waals surface area contributed by atoms with E-state index >= 15 is 0 Å². The number of benzene rings is 2. The van der Waals surface area contributed by atoms with Crippen LogP contribution in [0.1, 0.15) is 77.0 Å². The van der Waals surface area contributed by atoms with Crippen molar-refractivity contribution in [3.8, 4) is 11.5 Å². The van der Waals surface area contributed by atoms with Crippen molar-refractivity contribution in [3.05, 3.63) is 68.4 Å². The lowest BCUT2D eigenvalue weighted by molar-refractivity contribution is -0.236. The van der Waals surface area contributed by atoms with Gasteiger partial charge >= 0.3 is 5.97 Å². The minimum atomic E-state index is -3.21. The fourth-order valence-electron chi connectivity index (χ4n) is 8.26. The summed E-state index contributed by atoms with van der Waals surface area (Å²) < 4.78 is 27.3. The van der Waals surface area contributed by atoms with Crippen molar-refractivity contribution in [1.29, 1.82) is 0 Å². The molecule has 4 aliphatic rings. The number of ether oxygens (including phenoxy) is 5. The molecule has 17 nitrogen and oxygen atoms in total. The smallest absolute Gasteiger partial charge is 0.341 e. The molecule has 0 saturated carbocycles. The number of nitrogens with one attached hydrogen (secondary N) is 1. The van der Waals surface area contributed by atoms with Gasteiger partial charge in [-0.2, -0.15) is 0 Å². The number of phenols is 2. The second kappa shape index (κ2) is 14.2. The summed E-state index contributed by atoms with van der Waals surface area (Å²) >= 11 is 0. The van der Waals surface area contributed by atoms with Crippen molar-refractivity contribution >= 4 is 29.0 Å². The highest BCUT2D eigenvalue weighted by Gasteiger charge is 2.72. The molecule has 1 heterocycles. The van der Waals surface area contributed by atoms with Gasteiger partial charge < -0.3 is 59.6 Å². The van der Waals surface area contributed by atoms with E-state index in [0.717, 1.165) is 20.3 Å². The van der Waals surface area contributed by atoms with Crippen LogP contribution in [0.15, 0.2) is 28.9 Å². The number of carbonyl (C=O) groups is 4. The van der Waals surface area contributed by atoms with Crippen LogP contribution in [0.5, 0.6) is 11.5 Å². The van der Waals surface area contributed by atoms with Crippen molar-refractivity contribution in [2.45, 2.75) is 74.6 Å². The lowest BCUT2D eigenvalue weighted by Crippen LogP contribution is -2.73. The molecule has 7 N–H and O–H groups in total. The summed E-state index contributed by atoms with van der Waals surface area (Å²) in [6.45, 7) is 2.86. The zero-order valence-corrected chi connectivity index (χ0v) is 30.3. The average molecular weight is 755 g/mol. The summed E-state index contributed by atoms with van der Waals surface area (Å²) in [5.74, 6) is -6.23. The Morgan fingerprint density at radius 3 is 2.30 bits per heavy atom. The molecule has 0 amide bonds. The fraction of sp³-hybridized carbons (Fsp3) is 0.486. The molecule has 3 aliphatic carbocycles. The van der Waals surface area contributed by atoms with Gasteiger partial charge in [0.2, 0.25) is 17.3 Å². The van der Waals surface area contributed by atoms with Crippen molar-refractivity contribution in [2.75, 3.05) is 41.6 Å². The SMILES string of the molecule is COC(=O)c1c(C)cc2c(c1O)[C@]1(O)C(=O)c3cc4c(c(O)c3C(=O)[C@]1(OC)[C@H](O)C2)C(=NCCCO)C=C(N[C@H]1O[C@@H](C)[C@H](OC)[C@@H](O)[C@H]1OC)C4=O. The third kappa shape index (κ3) is 5.33. The first-order chi connectivity index (χ1) is 25.6. The molecule has 290 valence electrons. The molecule has 54 heavy (non-hydrogen) atoms. The normalized spacial score (nSPS) is 31.0. The summed E-state index contributed by atoms with van der Waals surface area (Å²) in [6, 6.07) is 2.34. The summed E-state index contributed by atoms with van der Waals surface area (Å²) in [7, 11) is 4.73. The molecule has 6 rings (SSSR count). The van der Waals surface area contributed by atoms with Gasteiger partial charge in [-0.05, 0) is 43.5 Å². The van der Waals surface area contributed by atoms with Gasteiger partial charge in [0.05, 0.1) is 41.9 Å². The zero-order valence-electron chi connectivity index (χ0n) is 30.3. The van der Waals surface area contributed by atoms with Crippen LogP contribution in [-0.2, 0) is 35.7 Å². The van der Waals surface area contributed by atoms with Crippen molar-refractivity contribution in [1.82, 2.24) is 5.32 Å². The number of aryl methyl sites for hydroxylation is 1. The third-order valence-corrected chi connectivity index (χ3v) is 10.8. The minimum absolute atomic E-state index is 0.00296. The van der Waals surface area contributed by atoms with Gasteiger partial charge in [0.25, 0.3) is 0 Å². The Morgan fingerprint density at radius 2 is 1.69 bits per heavy atom. The van der Waals surface area contributed by atoms with Gasteiger partial charge in [0, 0.05) is 57.6 Å². The summed E-state index contributed by atoms with van der Waals surface area (Å²) in [5, 5.41) is 71.0. The van der Waals surface area contributed by atoms with E-state index in [1.54, 1.807) is 6.92 Å². The highest BCUT2D eigenvalue weighted by Crippen LogP contribution is 2.56. The lowest BCUT2D eigenvalue weighted by Gasteiger charge is -2.53. The molecule has 2 aromatic rings. The Labute approximate surface area is 308 Å². The molecule has 0 aromatic heterocycles. The van der Waals surface area contributed by atoms with Crippen LogP contribution in [0, 0.1) is 6.92 Å². The molecule has 1 aliphatic heterocycles. The minimum Gasteiger partial charge on any atom is -0.507 e. The van der Waals surface area contributed by atoms with E-state index in [1.165, 1.54) is 33.3 Å². The number of Topliss-reactive ketones (excluding diaryl/α,β-unsaturated/α-hetero) is 3. The fourth-order valence-corrected chi connectivity index (χ4v) is 8.26. The number of aliphatic imine (C=N–C) groups is 1. The Bertz CT molecular complexity index is 2010. The molecule has 0 radical (unpaired) electrons. The number of hydrogen-bond acceptors (Lipinski definition) is 17. The number of aromatic hydroxyl groups is 2. The molecular formula is C37H42N2O15. The second-order valence-electron chi connectivity index (χ2n) is 13.6. The number of methoxy groups -OCH3 is 4. The highest BCUT2D eigenvalue weighted by atomic mass is 16.6. The largest absolute Gasteiger partial charge is 0.507 e. The lowest BCUT2D eigenvalue weighted by atomic mass is 9.56. The van der Waals surface area contributed by atoms with Crippen molar-refractivity contribution in [3.63, 3.8) is 0 Å². The van der Waals surface area contributed by atoms with Crippen molar-refractivity contribution in [2.24, 2.45) is 4.99 Å². The number of allylic oxidation sites excluding steroid dienone is 2. The Balaban J connectivity index is 1.56. The van der Waals surface area contributed by atoms with Crippen LogP contribution < -0.4 is 5.32 Å². The number of carbonyl (C=O) groups excluding carboxylic acids is 4. The molecule has 1 fully saturated rings. The van der Waals surface area contributed by atoms with E-state index in [-0.39, 0.29) is 53.2 Å². The van der Waals surface area contributed by atoms with Crippen LogP contribution in [0.4, 0.5) is 0 Å². The number of hydrogen-bond donors (Lipinski definition) is 7. The number of fused-ring (bicyclic) bond motifs is 5. The number of nitrogens with zero attached hydrogens (tertiary/aromatic N) is 1. The summed E-state index contributed by atoms with van der Waals surface area (Å²) in [6.07, 6.45) is -5.74. The quantitative estimate of drug-likeness (QED) is 0.128. The monoisotopic (exact) mass is 754 g/mol. The van der Waals surface area contributed by atoms with Gasteiger partial charge in [-0.3, -0.25) is 19.4 Å². The Kier molecular flexibility index (Phi) is 10.3. The highest BCUT2D eigenvalue weighted by molar-refractivity contribution is 6.31. The Hall–Kier alpha value is -4.59. The number of phenolic OH excluding ortho intramolecular Hbond substituents is 2. The maximum Gasteiger partial charge on any atom is 0.341 e. The molecule has 8 atom stereocenters. The molecule has 0 spiro atoms. The molecular weight excluding hydrogens is 712 g/mol. The predicted molar refractivity (Wildman–Crippen MR) is 185 cm³/mol. The summed E-state index contributed by atoms with van der Waals surface area (Å²) in [5.41, 5.74) is -9.08. The van der Waals surface area contributed by atoms with Gasteiger partial charge in [-0.1, -0.05) is 6.07 Å². The first-order valence-corrected chi connectivity index (χ1v) is 17.1. The van der Waals surface area contributed by atoms with E-state index in [2.05, 4.69) is 10.3 Å². The maximum atomic E-state index is 14.8. The first-order valence-electron chi connectivity index (χ1n) is 17.1. The topological polar surface area (TPSA) is 260 Å². The van der Waals surface area contributed by atoms with Gasteiger partial charge in [0.15, 0.2) is 17.4 Å².